The zero-order chi connectivity index (χ0) is 33.5. The Balaban J connectivity index is 1.30. The predicted molar refractivity (Wildman–Crippen MR) is 188 cm³/mol. The molecule has 5 nitrogen and oxygen atoms in total. The Labute approximate surface area is 279 Å². The Kier molecular flexibility index (Phi) is 8.36. The van der Waals surface area contributed by atoms with Gasteiger partial charge in [0, 0.05) is 19.3 Å². The number of benzene rings is 1. The van der Waals surface area contributed by atoms with E-state index in [1.54, 1.807) is 12.1 Å². The van der Waals surface area contributed by atoms with E-state index in [1.165, 1.54) is 74.3 Å². The summed E-state index contributed by atoms with van der Waals surface area (Å²) in [6, 6.07) is 7.55. The normalized spacial score (nSPS) is 41.4. The van der Waals surface area contributed by atoms with Crippen LogP contribution in [-0.2, 0) is 9.84 Å². The summed E-state index contributed by atoms with van der Waals surface area (Å²) in [5, 5.41) is 13.1. The number of carbonyl (C=O) groups is 1. The van der Waals surface area contributed by atoms with Crippen LogP contribution in [0.1, 0.15) is 115 Å². The molecule has 0 heterocycles. The van der Waals surface area contributed by atoms with E-state index in [1.807, 2.05) is 12.1 Å². The van der Waals surface area contributed by atoms with Gasteiger partial charge in [0.2, 0.25) is 0 Å². The number of aromatic carboxylic acids is 1. The predicted octanol–water partition coefficient (Wildman–Crippen LogP) is 8.67. The van der Waals surface area contributed by atoms with Crippen LogP contribution in [0.25, 0.3) is 5.57 Å². The van der Waals surface area contributed by atoms with E-state index >= 15 is 0 Å². The van der Waals surface area contributed by atoms with Crippen molar-refractivity contribution in [2.75, 3.05) is 25.1 Å². The summed E-state index contributed by atoms with van der Waals surface area (Å²) in [6.45, 7) is 21.2. The van der Waals surface area contributed by atoms with Gasteiger partial charge in [-0.3, -0.25) is 0 Å². The SMILES string of the molecule is C=C(C)C1CCC2(CNCCS(C)(=O)=O)CCC3(C)C(CCC4C5(C)CC=C(c6ccc(C(=O)O)cc6)C(C)(C)C5CCC43C)C12. The van der Waals surface area contributed by atoms with E-state index < -0.39 is 15.8 Å². The maximum atomic E-state index is 11.9. The highest BCUT2D eigenvalue weighted by molar-refractivity contribution is 7.90. The topological polar surface area (TPSA) is 83.5 Å². The number of carboxylic acid groups (broad SMARTS) is 1. The lowest BCUT2D eigenvalue weighted by atomic mass is 9.32. The van der Waals surface area contributed by atoms with Gasteiger partial charge in [0.15, 0.2) is 0 Å². The fourth-order valence-corrected chi connectivity index (χ4v) is 13.6. The van der Waals surface area contributed by atoms with Crippen molar-refractivity contribution in [3.8, 4) is 0 Å². The summed E-state index contributed by atoms with van der Waals surface area (Å²) in [5.74, 6) is 2.41. The highest BCUT2D eigenvalue weighted by Crippen LogP contribution is 2.77. The van der Waals surface area contributed by atoms with Crippen LogP contribution in [0.15, 0.2) is 42.5 Å². The van der Waals surface area contributed by atoms with Gasteiger partial charge in [-0.25, -0.2) is 13.2 Å². The molecule has 0 aliphatic heterocycles. The van der Waals surface area contributed by atoms with E-state index in [-0.39, 0.29) is 32.8 Å². The van der Waals surface area contributed by atoms with Crippen LogP contribution >= 0.6 is 0 Å². The minimum atomic E-state index is -2.98. The Morgan fingerprint density at radius 1 is 0.935 bits per heavy atom. The summed E-state index contributed by atoms with van der Waals surface area (Å²) in [6.07, 6.45) is 14.9. The first-order chi connectivity index (χ1) is 21.4. The molecule has 4 saturated carbocycles. The van der Waals surface area contributed by atoms with Crippen molar-refractivity contribution in [2.24, 2.45) is 56.7 Å². The third kappa shape index (κ3) is 5.09. The summed E-state index contributed by atoms with van der Waals surface area (Å²) >= 11 is 0. The van der Waals surface area contributed by atoms with Crippen LogP contribution in [0.5, 0.6) is 0 Å². The largest absolute Gasteiger partial charge is 0.478 e. The van der Waals surface area contributed by atoms with Gasteiger partial charge in [-0.15, -0.1) is 0 Å². The molecule has 9 atom stereocenters. The van der Waals surface area contributed by atoms with Gasteiger partial charge in [-0.1, -0.05) is 65.0 Å². The standard InChI is InChI=1S/C40H59NO4S/c1-26(2)29-15-20-40(25-41-23-24-46(8,44)45)22-21-38(6)31(34(29)40)13-14-33-37(5)18-16-30(27-9-11-28(12-10-27)35(42)43)36(3,4)32(37)17-19-39(33,38)7/h9-12,16,29,31-34,41H,1,13-15,17-25H2,2-8H3,(H,42,43). The molecule has 1 aromatic carbocycles. The fraction of sp³-hybridized carbons (Fsp3) is 0.725. The first-order valence-corrected chi connectivity index (χ1v) is 20.0. The van der Waals surface area contributed by atoms with Crippen LogP contribution in [0.4, 0.5) is 0 Å². The molecule has 0 aromatic heterocycles. The second kappa shape index (κ2) is 11.3. The lowest BCUT2D eigenvalue weighted by Crippen LogP contribution is -2.65. The molecule has 254 valence electrons. The van der Waals surface area contributed by atoms with Gasteiger partial charge >= 0.3 is 5.97 Å². The molecular weight excluding hydrogens is 591 g/mol. The molecule has 5 aliphatic rings. The Bertz CT molecular complexity index is 1530. The Morgan fingerprint density at radius 3 is 2.26 bits per heavy atom. The van der Waals surface area contributed by atoms with Crippen molar-refractivity contribution in [2.45, 2.75) is 99.3 Å². The van der Waals surface area contributed by atoms with E-state index in [0.717, 1.165) is 13.0 Å². The van der Waals surface area contributed by atoms with Crippen LogP contribution in [-0.4, -0.2) is 44.6 Å². The third-order valence-corrected chi connectivity index (χ3v) is 16.3. The summed E-state index contributed by atoms with van der Waals surface area (Å²) < 4.78 is 23.7. The number of allylic oxidation sites excluding steroid dienone is 3. The molecule has 0 saturated heterocycles. The van der Waals surface area contributed by atoms with Crippen molar-refractivity contribution in [3.63, 3.8) is 0 Å². The number of fused-ring (bicyclic) bond motifs is 7. The first-order valence-electron chi connectivity index (χ1n) is 18.0. The summed E-state index contributed by atoms with van der Waals surface area (Å²) in [7, 11) is -2.98. The van der Waals surface area contributed by atoms with Gasteiger partial charge in [0.25, 0.3) is 0 Å². The lowest BCUT2D eigenvalue weighted by molar-refractivity contribution is -0.225. The molecule has 1 aromatic rings. The van der Waals surface area contributed by atoms with Crippen LogP contribution < -0.4 is 5.32 Å². The number of carboxylic acids is 1. The molecule has 5 aliphatic carbocycles. The second-order valence-electron chi connectivity index (χ2n) is 17.8. The van der Waals surface area contributed by atoms with Crippen molar-refractivity contribution in [1.29, 1.82) is 0 Å². The zero-order valence-corrected chi connectivity index (χ0v) is 30.4. The van der Waals surface area contributed by atoms with Gasteiger partial charge < -0.3 is 10.4 Å². The molecule has 6 heteroatoms. The molecule has 2 N–H and O–H groups in total. The molecule has 4 fully saturated rings. The highest BCUT2D eigenvalue weighted by Gasteiger charge is 2.70. The van der Waals surface area contributed by atoms with Gasteiger partial charge in [0.1, 0.15) is 9.84 Å². The maximum absolute atomic E-state index is 11.9. The molecule has 0 bridgehead atoms. The lowest BCUT2D eigenvalue weighted by Gasteiger charge is -2.72. The van der Waals surface area contributed by atoms with Gasteiger partial charge in [-0.2, -0.15) is 0 Å². The fourth-order valence-electron chi connectivity index (χ4n) is 13.1. The number of nitrogens with one attached hydrogen (secondary N) is 1. The van der Waals surface area contributed by atoms with Crippen LogP contribution in [0.3, 0.4) is 0 Å². The van der Waals surface area contributed by atoms with Crippen LogP contribution in [0.2, 0.25) is 0 Å². The number of rotatable bonds is 8. The van der Waals surface area contributed by atoms with E-state index in [9.17, 15) is 18.3 Å². The number of hydrogen-bond donors (Lipinski definition) is 2. The molecule has 0 radical (unpaired) electrons. The average molecular weight is 650 g/mol. The monoisotopic (exact) mass is 649 g/mol. The third-order valence-electron chi connectivity index (χ3n) is 15.4. The van der Waals surface area contributed by atoms with Crippen molar-refractivity contribution in [1.82, 2.24) is 5.32 Å². The Hall–Kier alpha value is -1.92. The molecule has 9 unspecified atom stereocenters. The van der Waals surface area contributed by atoms with Gasteiger partial charge in [-0.05, 0) is 145 Å². The molecule has 0 spiro atoms. The molecular formula is C40H59NO4S. The molecule has 0 amide bonds. The van der Waals surface area contributed by atoms with Crippen molar-refractivity contribution >= 4 is 21.4 Å². The first kappa shape index (κ1) is 34.0. The second-order valence-corrected chi connectivity index (χ2v) is 20.0. The van der Waals surface area contributed by atoms with Crippen molar-refractivity contribution in [3.05, 3.63) is 53.6 Å². The van der Waals surface area contributed by atoms with Crippen molar-refractivity contribution < 1.29 is 18.3 Å². The van der Waals surface area contributed by atoms with Crippen LogP contribution in [0, 0.1) is 56.7 Å². The van der Waals surface area contributed by atoms with E-state index in [4.69, 9.17) is 0 Å². The Morgan fingerprint density at radius 2 is 1.63 bits per heavy atom. The minimum absolute atomic E-state index is 0.00663. The molecule has 6 rings (SSSR count). The smallest absolute Gasteiger partial charge is 0.335 e. The van der Waals surface area contributed by atoms with E-state index in [2.05, 4.69) is 59.5 Å². The number of hydrogen-bond acceptors (Lipinski definition) is 4. The summed E-state index contributed by atoms with van der Waals surface area (Å²) in [4.78, 5) is 11.5. The quantitative estimate of drug-likeness (QED) is 0.218. The van der Waals surface area contributed by atoms with Gasteiger partial charge in [0.05, 0.1) is 11.3 Å². The summed E-state index contributed by atoms with van der Waals surface area (Å²) in [5.41, 5.74) is 5.24. The highest BCUT2D eigenvalue weighted by atomic mass is 32.2. The molecule has 46 heavy (non-hydrogen) atoms. The average Bonchev–Trinajstić information content (AvgIpc) is 3.35. The maximum Gasteiger partial charge on any atom is 0.335 e. The van der Waals surface area contributed by atoms with E-state index in [0.29, 0.717) is 41.7 Å². The zero-order valence-electron chi connectivity index (χ0n) is 29.5. The minimum Gasteiger partial charge on any atom is -0.478 e. The number of sulfone groups is 1.